The summed E-state index contributed by atoms with van der Waals surface area (Å²) in [7, 11) is 0. The van der Waals surface area contributed by atoms with Crippen LogP contribution in [0.2, 0.25) is 0 Å². The molecule has 0 bridgehead atoms. The van der Waals surface area contributed by atoms with E-state index in [1.54, 1.807) is 12.4 Å². The molecule has 1 amide bonds. The number of benzene rings is 1. The molecule has 2 rings (SSSR count). The number of rotatable bonds is 1. The lowest BCUT2D eigenvalue weighted by molar-refractivity contribution is 0.0397. The zero-order valence-electron chi connectivity index (χ0n) is 12.5. The van der Waals surface area contributed by atoms with Crippen molar-refractivity contribution in [1.82, 2.24) is 4.90 Å². The van der Waals surface area contributed by atoms with Crippen LogP contribution in [-0.2, 0) is 4.74 Å². The van der Waals surface area contributed by atoms with Crippen molar-refractivity contribution in [2.24, 2.45) is 0 Å². The molecular formula is C17H21NO2. The van der Waals surface area contributed by atoms with Gasteiger partial charge in [0, 0.05) is 18.3 Å². The number of hydrogen-bond acceptors (Lipinski definition) is 2. The summed E-state index contributed by atoms with van der Waals surface area (Å²) in [6.45, 7) is 7.65. The molecule has 3 heteroatoms. The fourth-order valence-corrected chi connectivity index (χ4v) is 2.02. The third-order valence-electron chi connectivity index (χ3n) is 2.94. The topological polar surface area (TPSA) is 29.5 Å². The Hall–Kier alpha value is -2.03. The average molecular weight is 271 g/mol. The highest BCUT2D eigenvalue weighted by atomic mass is 16.6. The second kappa shape index (κ2) is 5.53. The second-order valence-electron chi connectivity index (χ2n) is 6.01. The van der Waals surface area contributed by atoms with Crippen molar-refractivity contribution in [3.05, 3.63) is 59.9 Å². The van der Waals surface area contributed by atoms with Crippen LogP contribution in [0.25, 0.3) is 0 Å². The molecular weight excluding hydrogens is 250 g/mol. The van der Waals surface area contributed by atoms with E-state index in [1.165, 1.54) is 16.0 Å². The molecule has 0 N–H and O–H groups in total. The minimum absolute atomic E-state index is 0.202. The van der Waals surface area contributed by atoms with Crippen LogP contribution >= 0.6 is 0 Å². The van der Waals surface area contributed by atoms with Gasteiger partial charge in [-0.3, -0.25) is 4.90 Å². The summed E-state index contributed by atoms with van der Waals surface area (Å²) in [6.07, 6.45) is 7.17. The molecule has 0 radical (unpaired) electrons. The molecule has 1 aromatic rings. The van der Waals surface area contributed by atoms with Crippen LogP contribution in [0.4, 0.5) is 4.79 Å². The lowest BCUT2D eigenvalue weighted by Gasteiger charge is -2.25. The number of allylic oxidation sites excluding steroid dienone is 2. The number of carbonyl (C=O) groups is 1. The maximum atomic E-state index is 11.9. The van der Waals surface area contributed by atoms with Crippen LogP contribution in [0.5, 0.6) is 0 Å². The molecule has 0 spiro atoms. The molecule has 0 saturated heterocycles. The Morgan fingerprint density at radius 1 is 1.20 bits per heavy atom. The molecule has 3 nitrogen and oxygen atoms in total. The molecule has 106 valence electrons. The van der Waals surface area contributed by atoms with Gasteiger partial charge in [0.05, 0.1) is 0 Å². The van der Waals surface area contributed by atoms with E-state index in [1.807, 2.05) is 39.0 Å². The lowest BCUT2D eigenvalue weighted by atomic mass is 9.96. The third kappa shape index (κ3) is 3.73. The van der Waals surface area contributed by atoms with Crippen LogP contribution in [0.15, 0.2) is 48.8 Å². The highest BCUT2D eigenvalue weighted by molar-refractivity contribution is 5.71. The molecule has 1 aromatic carbocycles. The first-order chi connectivity index (χ1) is 9.35. The maximum absolute atomic E-state index is 11.9. The van der Waals surface area contributed by atoms with Crippen LogP contribution in [0.3, 0.4) is 0 Å². The average Bonchev–Trinajstić information content (AvgIpc) is 2.37. The van der Waals surface area contributed by atoms with Crippen molar-refractivity contribution >= 4 is 6.09 Å². The lowest BCUT2D eigenvalue weighted by Crippen LogP contribution is -2.31. The molecule has 1 heterocycles. The van der Waals surface area contributed by atoms with Gasteiger partial charge in [-0.25, -0.2) is 4.79 Å². The minimum Gasteiger partial charge on any atom is -0.443 e. The van der Waals surface area contributed by atoms with Crippen LogP contribution in [0.1, 0.15) is 37.8 Å². The van der Waals surface area contributed by atoms with Gasteiger partial charge in [0.2, 0.25) is 0 Å². The van der Waals surface area contributed by atoms with E-state index < -0.39 is 5.60 Å². The van der Waals surface area contributed by atoms with Gasteiger partial charge >= 0.3 is 6.09 Å². The van der Waals surface area contributed by atoms with E-state index in [4.69, 9.17) is 4.74 Å². The van der Waals surface area contributed by atoms with Gasteiger partial charge in [0.25, 0.3) is 0 Å². The first kappa shape index (κ1) is 14.4. The molecule has 0 fully saturated rings. The summed E-state index contributed by atoms with van der Waals surface area (Å²) in [6, 6.07) is 8.37. The molecule has 1 aliphatic heterocycles. The van der Waals surface area contributed by atoms with E-state index in [0.29, 0.717) is 0 Å². The van der Waals surface area contributed by atoms with Gasteiger partial charge in [-0.15, -0.1) is 0 Å². The summed E-state index contributed by atoms with van der Waals surface area (Å²) >= 11 is 0. The highest BCUT2D eigenvalue weighted by Gasteiger charge is 2.21. The zero-order chi connectivity index (χ0) is 14.8. The molecule has 0 aromatic heterocycles. The largest absolute Gasteiger partial charge is 0.443 e. The highest BCUT2D eigenvalue weighted by Crippen LogP contribution is 2.24. The smallest absolute Gasteiger partial charge is 0.418 e. The van der Waals surface area contributed by atoms with E-state index in [0.717, 1.165) is 0 Å². The Bertz CT molecular complexity index is 538. The summed E-state index contributed by atoms with van der Waals surface area (Å²) in [5, 5.41) is 0. The van der Waals surface area contributed by atoms with Crippen molar-refractivity contribution in [2.45, 2.75) is 39.2 Å². The fourth-order valence-electron chi connectivity index (χ4n) is 2.02. The zero-order valence-corrected chi connectivity index (χ0v) is 12.5. The number of ether oxygens (including phenoxy) is 1. The van der Waals surface area contributed by atoms with Crippen molar-refractivity contribution in [3.63, 3.8) is 0 Å². The SMILES string of the molecule is Cc1cccc(C2C=CN(C(=O)OC(C)(C)C)C=C2)c1. The maximum Gasteiger partial charge on any atom is 0.418 e. The van der Waals surface area contributed by atoms with Gasteiger partial charge in [-0.1, -0.05) is 42.0 Å². The Morgan fingerprint density at radius 3 is 2.40 bits per heavy atom. The van der Waals surface area contributed by atoms with E-state index in [-0.39, 0.29) is 12.0 Å². The summed E-state index contributed by atoms with van der Waals surface area (Å²) in [4.78, 5) is 13.4. The van der Waals surface area contributed by atoms with Crippen molar-refractivity contribution < 1.29 is 9.53 Å². The third-order valence-corrected chi connectivity index (χ3v) is 2.94. The number of hydrogen-bond donors (Lipinski definition) is 0. The first-order valence-corrected chi connectivity index (χ1v) is 6.80. The van der Waals surface area contributed by atoms with E-state index >= 15 is 0 Å². The Morgan fingerprint density at radius 2 is 1.85 bits per heavy atom. The van der Waals surface area contributed by atoms with Crippen molar-refractivity contribution in [1.29, 1.82) is 0 Å². The molecule has 0 aliphatic carbocycles. The minimum atomic E-state index is -0.480. The quantitative estimate of drug-likeness (QED) is 0.759. The van der Waals surface area contributed by atoms with E-state index in [2.05, 4.69) is 25.1 Å². The van der Waals surface area contributed by atoms with Gasteiger partial charge in [0.15, 0.2) is 0 Å². The van der Waals surface area contributed by atoms with Gasteiger partial charge in [-0.05, 0) is 33.3 Å². The molecule has 20 heavy (non-hydrogen) atoms. The second-order valence-corrected chi connectivity index (χ2v) is 6.01. The van der Waals surface area contributed by atoms with Gasteiger partial charge in [0.1, 0.15) is 5.60 Å². The molecule has 1 aliphatic rings. The summed E-state index contributed by atoms with van der Waals surface area (Å²) in [5.41, 5.74) is 1.98. The normalized spacial score (nSPS) is 15.5. The molecule has 0 atom stereocenters. The molecule has 0 saturated carbocycles. The van der Waals surface area contributed by atoms with Crippen molar-refractivity contribution in [3.8, 4) is 0 Å². The fraction of sp³-hybridized carbons (Fsp3) is 0.353. The Kier molecular flexibility index (Phi) is 3.98. The number of carbonyl (C=O) groups excluding carboxylic acids is 1. The number of aryl methyl sites for hydroxylation is 1. The number of amides is 1. The number of nitrogens with zero attached hydrogens (tertiary/aromatic N) is 1. The Labute approximate surface area is 120 Å². The predicted molar refractivity (Wildman–Crippen MR) is 80.3 cm³/mol. The first-order valence-electron chi connectivity index (χ1n) is 6.80. The Balaban J connectivity index is 2.04. The monoisotopic (exact) mass is 271 g/mol. The summed E-state index contributed by atoms with van der Waals surface area (Å²) < 4.78 is 5.32. The summed E-state index contributed by atoms with van der Waals surface area (Å²) in [5.74, 6) is 0.202. The predicted octanol–water partition coefficient (Wildman–Crippen LogP) is 4.36. The van der Waals surface area contributed by atoms with Crippen LogP contribution < -0.4 is 0 Å². The van der Waals surface area contributed by atoms with E-state index in [9.17, 15) is 4.79 Å². The van der Waals surface area contributed by atoms with Gasteiger partial charge < -0.3 is 4.74 Å². The van der Waals surface area contributed by atoms with Crippen LogP contribution in [0, 0.1) is 6.92 Å². The van der Waals surface area contributed by atoms with Gasteiger partial charge in [-0.2, -0.15) is 0 Å². The molecule has 0 unspecified atom stereocenters. The standard InChI is InChI=1S/C17H21NO2/c1-13-6-5-7-15(12-13)14-8-10-18(11-9-14)16(19)20-17(2,3)4/h5-12,14H,1-4H3. The van der Waals surface area contributed by atoms with Crippen molar-refractivity contribution in [2.75, 3.05) is 0 Å². The van der Waals surface area contributed by atoms with Crippen LogP contribution in [-0.4, -0.2) is 16.6 Å².